The molecular formula is C17H28N2. The third-order valence-corrected chi connectivity index (χ3v) is 4.58. The van der Waals surface area contributed by atoms with Crippen molar-refractivity contribution in [2.24, 2.45) is 0 Å². The highest BCUT2D eigenvalue weighted by Gasteiger charge is 2.32. The summed E-state index contributed by atoms with van der Waals surface area (Å²) in [6.45, 7) is 10.2. The van der Waals surface area contributed by atoms with Crippen LogP contribution in [0.1, 0.15) is 45.6 Å². The number of hydrogen-bond donors (Lipinski definition) is 1. The Bertz CT molecular complexity index is 396. The molecule has 0 atom stereocenters. The highest BCUT2D eigenvalue weighted by atomic mass is 15.2. The minimum atomic E-state index is 0.303. The van der Waals surface area contributed by atoms with Crippen molar-refractivity contribution >= 4 is 5.69 Å². The average molecular weight is 260 g/mol. The van der Waals surface area contributed by atoms with E-state index in [0.717, 1.165) is 19.6 Å². The molecule has 1 fully saturated rings. The molecule has 0 amide bonds. The average Bonchev–Trinajstić information content (AvgIpc) is 2.48. The molecule has 2 rings (SSSR count). The second-order valence-corrected chi connectivity index (χ2v) is 5.71. The molecule has 1 N–H and O–H groups in total. The van der Waals surface area contributed by atoms with Crippen LogP contribution in [-0.2, 0) is 6.42 Å². The summed E-state index contributed by atoms with van der Waals surface area (Å²) in [6.07, 6.45) is 4.81. The minimum absolute atomic E-state index is 0.303. The van der Waals surface area contributed by atoms with E-state index in [0.29, 0.717) is 5.54 Å². The molecule has 0 saturated carbocycles. The fraction of sp³-hybridized carbons (Fsp3) is 0.647. The highest BCUT2D eigenvalue weighted by Crippen LogP contribution is 2.27. The van der Waals surface area contributed by atoms with Crippen LogP contribution in [0.3, 0.4) is 0 Å². The van der Waals surface area contributed by atoms with Gasteiger partial charge in [-0.3, -0.25) is 0 Å². The lowest BCUT2D eigenvalue weighted by atomic mass is 9.89. The first-order chi connectivity index (χ1) is 9.24. The van der Waals surface area contributed by atoms with Gasteiger partial charge >= 0.3 is 0 Å². The molecule has 0 bridgehead atoms. The zero-order valence-corrected chi connectivity index (χ0v) is 12.7. The van der Waals surface area contributed by atoms with E-state index in [4.69, 9.17) is 0 Å². The Balaban J connectivity index is 2.21. The lowest BCUT2D eigenvalue weighted by Gasteiger charge is -2.44. The quantitative estimate of drug-likeness (QED) is 0.870. The third-order valence-electron chi connectivity index (χ3n) is 4.58. The lowest BCUT2D eigenvalue weighted by Crippen LogP contribution is -2.60. The summed E-state index contributed by atoms with van der Waals surface area (Å²) in [4.78, 5) is 2.59. The number of aryl methyl sites for hydroxylation is 1. The van der Waals surface area contributed by atoms with Crippen LogP contribution in [0.15, 0.2) is 24.3 Å². The molecule has 0 aliphatic carbocycles. The Hall–Kier alpha value is -1.02. The second kappa shape index (κ2) is 6.42. The Kier molecular flexibility index (Phi) is 4.87. The van der Waals surface area contributed by atoms with Crippen LogP contribution in [0.25, 0.3) is 0 Å². The Morgan fingerprint density at radius 2 is 1.89 bits per heavy atom. The van der Waals surface area contributed by atoms with Crippen molar-refractivity contribution in [2.75, 3.05) is 24.5 Å². The van der Waals surface area contributed by atoms with Crippen LogP contribution in [0.2, 0.25) is 0 Å². The van der Waals surface area contributed by atoms with Gasteiger partial charge in [0.05, 0.1) is 0 Å². The van der Waals surface area contributed by atoms with Crippen molar-refractivity contribution < 1.29 is 0 Å². The highest BCUT2D eigenvalue weighted by molar-refractivity contribution is 5.54. The van der Waals surface area contributed by atoms with Crippen LogP contribution >= 0.6 is 0 Å². The molecule has 1 saturated heterocycles. The summed E-state index contributed by atoms with van der Waals surface area (Å²) in [5, 5.41) is 3.74. The molecule has 0 unspecified atom stereocenters. The van der Waals surface area contributed by atoms with E-state index in [9.17, 15) is 0 Å². The van der Waals surface area contributed by atoms with Crippen LogP contribution in [0.5, 0.6) is 0 Å². The van der Waals surface area contributed by atoms with Gasteiger partial charge in [0.15, 0.2) is 0 Å². The number of rotatable bonds is 5. The van der Waals surface area contributed by atoms with Gasteiger partial charge in [0.2, 0.25) is 0 Å². The number of para-hydroxylation sites is 1. The molecule has 106 valence electrons. The molecule has 1 aliphatic heterocycles. The monoisotopic (exact) mass is 260 g/mol. The van der Waals surface area contributed by atoms with E-state index in [1.54, 1.807) is 0 Å². The van der Waals surface area contributed by atoms with Gasteiger partial charge < -0.3 is 10.2 Å². The fourth-order valence-corrected chi connectivity index (χ4v) is 3.19. The molecule has 0 spiro atoms. The zero-order valence-electron chi connectivity index (χ0n) is 12.7. The minimum Gasteiger partial charge on any atom is -0.368 e. The molecule has 2 heteroatoms. The fourth-order valence-electron chi connectivity index (χ4n) is 3.19. The zero-order chi connectivity index (χ0) is 13.7. The van der Waals surface area contributed by atoms with E-state index in [1.807, 2.05) is 0 Å². The number of nitrogens with one attached hydrogen (secondary N) is 1. The summed E-state index contributed by atoms with van der Waals surface area (Å²) < 4.78 is 0. The number of benzene rings is 1. The molecule has 2 nitrogen and oxygen atoms in total. The first kappa shape index (κ1) is 14.4. The van der Waals surface area contributed by atoms with Crippen molar-refractivity contribution in [3.8, 4) is 0 Å². The number of piperazine rings is 1. The van der Waals surface area contributed by atoms with E-state index >= 15 is 0 Å². The van der Waals surface area contributed by atoms with Crippen molar-refractivity contribution in [2.45, 2.75) is 52.0 Å². The Morgan fingerprint density at radius 1 is 1.16 bits per heavy atom. The van der Waals surface area contributed by atoms with Gasteiger partial charge in [-0.1, -0.05) is 45.4 Å². The second-order valence-electron chi connectivity index (χ2n) is 5.71. The molecule has 0 aromatic heterocycles. The molecule has 19 heavy (non-hydrogen) atoms. The van der Waals surface area contributed by atoms with Crippen molar-refractivity contribution in [3.63, 3.8) is 0 Å². The standard InChI is InChI=1S/C17H28N2/c1-4-9-15-10-7-8-11-16(15)19-13-12-18-17(5-2,6-3)14-19/h7-8,10-11,18H,4-6,9,12-14H2,1-3H3. The van der Waals surface area contributed by atoms with E-state index in [1.165, 1.54) is 36.9 Å². The maximum absolute atomic E-state index is 3.74. The maximum atomic E-state index is 3.74. The topological polar surface area (TPSA) is 15.3 Å². The van der Waals surface area contributed by atoms with Crippen molar-refractivity contribution in [1.29, 1.82) is 0 Å². The van der Waals surface area contributed by atoms with Gasteiger partial charge in [-0.05, 0) is 30.9 Å². The number of nitrogens with zero attached hydrogens (tertiary/aromatic N) is 1. The van der Waals surface area contributed by atoms with Gasteiger partial charge in [-0.25, -0.2) is 0 Å². The van der Waals surface area contributed by atoms with Gasteiger partial charge in [0.1, 0.15) is 0 Å². The van der Waals surface area contributed by atoms with Gasteiger partial charge in [0.25, 0.3) is 0 Å². The van der Waals surface area contributed by atoms with Gasteiger partial charge in [-0.15, -0.1) is 0 Å². The van der Waals surface area contributed by atoms with Gasteiger partial charge in [0, 0.05) is 30.9 Å². The molecule has 1 aromatic carbocycles. The predicted octanol–water partition coefficient (Wildman–Crippen LogP) is 3.61. The van der Waals surface area contributed by atoms with Crippen LogP contribution in [-0.4, -0.2) is 25.2 Å². The van der Waals surface area contributed by atoms with E-state index in [-0.39, 0.29) is 0 Å². The smallest absolute Gasteiger partial charge is 0.0399 e. The van der Waals surface area contributed by atoms with Crippen LogP contribution < -0.4 is 10.2 Å². The number of hydrogen-bond acceptors (Lipinski definition) is 2. The van der Waals surface area contributed by atoms with Crippen molar-refractivity contribution in [1.82, 2.24) is 5.32 Å². The molecule has 1 aliphatic rings. The summed E-state index contributed by atoms with van der Waals surface area (Å²) >= 11 is 0. The predicted molar refractivity (Wildman–Crippen MR) is 84.0 cm³/mol. The molecule has 0 radical (unpaired) electrons. The first-order valence-electron chi connectivity index (χ1n) is 7.82. The van der Waals surface area contributed by atoms with Crippen molar-refractivity contribution in [3.05, 3.63) is 29.8 Å². The third kappa shape index (κ3) is 3.11. The van der Waals surface area contributed by atoms with Crippen LogP contribution in [0.4, 0.5) is 5.69 Å². The lowest BCUT2D eigenvalue weighted by molar-refractivity contribution is 0.277. The summed E-state index contributed by atoms with van der Waals surface area (Å²) in [7, 11) is 0. The Morgan fingerprint density at radius 3 is 2.58 bits per heavy atom. The largest absolute Gasteiger partial charge is 0.368 e. The Labute approximate surface area is 118 Å². The maximum Gasteiger partial charge on any atom is 0.0399 e. The van der Waals surface area contributed by atoms with Gasteiger partial charge in [-0.2, -0.15) is 0 Å². The summed E-state index contributed by atoms with van der Waals surface area (Å²) in [6, 6.07) is 8.94. The van der Waals surface area contributed by atoms with E-state index in [2.05, 4.69) is 55.3 Å². The number of anilines is 1. The summed E-state index contributed by atoms with van der Waals surface area (Å²) in [5.74, 6) is 0. The SMILES string of the molecule is CCCc1ccccc1N1CCNC(CC)(CC)C1. The molecule has 1 aromatic rings. The normalized spacial score (nSPS) is 18.6. The van der Waals surface area contributed by atoms with Crippen LogP contribution in [0, 0.1) is 0 Å². The molecule has 1 heterocycles. The summed E-state index contributed by atoms with van der Waals surface area (Å²) in [5.41, 5.74) is 3.27. The molecular weight excluding hydrogens is 232 g/mol. The van der Waals surface area contributed by atoms with E-state index < -0.39 is 0 Å². The first-order valence-corrected chi connectivity index (χ1v) is 7.82.